The Hall–Kier alpha value is -2.94. The van der Waals surface area contributed by atoms with Crippen LogP contribution < -0.4 is 0 Å². The molecule has 1 N–H and O–H groups in total. The van der Waals surface area contributed by atoms with Crippen LogP contribution in [0.2, 0.25) is 0 Å². The molecule has 3 heteroatoms. The quantitative estimate of drug-likeness (QED) is 0.501. The Morgan fingerprint density at radius 1 is 1.03 bits per heavy atom. The van der Waals surface area contributed by atoms with Crippen LogP contribution in [-0.4, -0.2) is 24.1 Å². The van der Waals surface area contributed by atoms with E-state index in [2.05, 4.69) is 77.6 Å². The van der Waals surface area contributed by atoms with E-state index in [0.717, 1.165) is 22.9 Å². The number of hydrogen-bond donors (Lipinski definition) is 1. The molecule has 0 atom stereocenters. The van der Waals surface area contributed by atoms with E-state index in [1.165, 1.54) is 27.2 Å². The predicted octanol–water partition coefficient (Wildman–Crippen LogP) is 5.79. The van der Waals surface area contributed by atoms with Crippen LogP contribution >= 0.6 is 0 Å². The minimum Gasteiger partial charge on any atom is -0.337 e. The average Bonchev–Trinajstić information content (AvgIpc) is 2.70. The van der Waals surface area contributed by atoms with Gasteiger partial charge < -0.3 is 10.3 Å². The molecule has 0 heterocycles. The standard InChI is InChI=1S/C27H32N2O/c1-18-14-23-24(27(5,6)13-12-26(23,3)4)15-22(18)19(2)21-10-8-20(9-11-21)17-29(7)25(30)16-28/h8-16,28H,2,17H2,1,3-7H3. The fraction of sp³-hybridized carbons (Fsp3) is 0.333. The van der Waals surface area contributed by atoms with Gasteiger partial charge >= 0.3 is 0 Å². The van der Waals surface area contributed by atoms with Crippen LogP contribution in [0.4, 0.5) is 0 Å². The van der Waals surface area contributed by atoms with Crippen molar-refractivity contribution in [3.05, 3.63) is 88.5 Å². The number of carbonyl (C=O) groups is 1. The molecule has 1 aliphatic rings. The number of carbonyl (C=O) groups excluding carboxylic acids is 1. The maximum atomic E-state index is 11.6. The Kier molecular flexibility index (Phi) is 5.60. The first-order chi connectivity index (χ1) is 14.0. The van der Waals surface area contributed by atoms with E-state index in [4.69, 9.17) is 5.41 Å². The molecule has 0 fully saturated rings. The first kappa shape index (κ1) is 21.8. The highest BCUT2D eigenvalue weighted by atomic mass is 16.2. The van der Waals surface area contributed by atoms with Gasteiger partial charge in [-0.1, -0.05) is 76.8 Å². The molecule has 0 saturated carbocycles. The van der Waals surface area contributed by atoms with Gasteiger partial charge in [0, 0.05) is 24.4 Å². The number of amides is 1. The molecule has 156 valence electrons. The monoisotopic (exact) mass is 400 g/mol. The van der Waals surface area contributed by atoms with Gasteiger partial charge in [0.25, 0.3) is 5.91 Å². The lowest BCUT2D eigenvalue weighted by atomic mass is 9.67. The van der Waals surface area contributed by atoms with Crippen molar-refractivity contribution >= 4 is 17.7 Å². The molecule has 1 amide bonds. The van der Waals surface area contributed by atoms with Gasteiger partial charge in [0.2, 0.25) is 0 Å². The summed E-state index contributed by atoms with van der Waals surface area (Å²) >= 11 is 0. The number of allylic oxidation sites excluding steroid dienone is 2. The summed E-state index contributed by atoms with van der Waals surface area (Å²) in [4.78, 5) is 13.1. The number of aryl methyl sites for hydroxylation is 1. The lowest BCUT2D eigenvalue weighted by molar-refractivity contribution is -0.122. The van der Waals surface area contributed by atoms with E-state index in [1.54, 1.807) is 7.05 Å². The molecule has 2 aromatic carbocycles. The fourth-order valence-electron chi connectivity index (χ4n) is 4.12. The summed E-state index contributed by atoms with van der Waals surface area (Å²) < 4.78 is 0. The van der Waals surface area contributed by atoms with Gasteiger partial charge in [-0.2, -0.15) is 0 Å². The van der Waals surface area contributed by atoms with Crippen LogP contribution in [0.1, 0.15) is 61.1 Å². The van der Waals surface area contributed by atoms with E-state index in [0.29, 0.717) is 6.54 Å². The van der Waals surface area contributed by atoms with E-state index in [-0.39, 0.29) is 16.7 Å². The molecule has 3 nitrogen and oxygen atoms in total. The Morgan fingerprint density at radius 2 is 1.57 bits per heavy atom. The van der Waals surface area contributed by atoms with Crippen molar-refractivity contribution in [1.82, 2.24) is 4.90 Å². The Balaban J connectivity index is 1.93. The molecule has 0 spiro atoms. The second kappa shape index (κ2) is 7.71. The summed E-state index contributed by atoms with van der Waals surface area (Å²) in [6.45, 7) is 16.1. The normalized spacial score (nSPS) is 15.9. The van der Waals surface area contributed by atoms with Gasteiger partial charge in [0.15, 0.2) is 0 Å². The Labute approximate surface area is 180 Å². The molecular formula is C27H32N2O. The molecule has 0 aromatic heterocycles. The van der Waals surface area contributed by atoms with E-state index < -0.39 is 0 Å². The van der Waals surface area contributed by atoms with Crippen molar-refractivity contribution < 1.29 is 4.79 Å². The molecule has 2 aromatic rings. The lowest BCUT2D eigenvalue weighted by Gasteiger charge is -2.37. The predicted molar refractivity (Wildman–Crippen MR) is 126 cm³/mol. The van der Waals surface area contributed by atoms with Crippen LogP contribution in [-0.2, 0) is 22.2 Å². The van der Waals surface area contributed by atoms with Crippen LogP contribution in [0.3, 0.4) is 0 Å². The highest BCUT2D eigenvalue weighted by Gasteiger charge is 2.33. The highest BCUT2D eigenvalue weighted by Crippen LogP contribution is 2.43. The largest absolute Gasteiger partial charge is 0.337 e. The summed E-state index contributed by atoms with van der Waals surface area (Å²) in [5.74, 6) is -0.298. The maximum Gasteiger partial charge on any atom is 0.264 e. The summed E-state index contributed by atoms with van der Waals surface area (Å²) in [6, 6.07) is 12.8. The third-order valence-corrected chi connectivity index (χ3v) is 6.22. The third-order valence-electron chi connectivity index (χ3n) is 6.22. The molecule has 0 saturated heterocycles. The second-order valence-corrected chi connectivity index (χ2v) is 9.50. The van der Waals surface area contributed by atoms with E-state index in [1.807, 2.05) is 12.1 Å². The van der Waals surface area contributed by atoms with Crippen molar-refractivity contribution in [2.75, 3.05) is 7.05 Å². The number of hydrogen-bond acceptors (Lipinski definition) is 2. The lowest BCUT2D eigenvalue weighted by Crippen LogP contribution is -2.29. The van der Waals surface area contributed by atoms with Crippen molar-refractivity contribution in [2.45, 2.75) is 52.0 Å². The van der Waals surface area contributed by atoms with E-state index >= 15 is 0 Å². The zero-order valence-electron chi connectivity index (χ0n) is 19.0. The number of nitrogens with zero attached hydrogens (tertiary/aromatic N) is 1. The number of nitrogens with one attached hydrogen (secondary N) is 1. The van der Waals surface area contributed by atoms with Gasteiger partial charge in [-0.15, -0.1) is 0 Å². The number of benzene rings is 2. The van der Waals surface area contributed by atoms with Crippen molar-refractivity contribution in [3.63, 3.8) is 0 Å². The van der Waals surface area contributed by atoms with Gasteiger partial charge in [-0.05, 0) is 51.9 Å². The highest BCUT2D eigenvalue weighted by molar-refractivity contribution is 6.24. The first-order valence-electron chi connectivity index (χ1n) is 10.4. The van der Waals surface area contributed by atoms with Crippen LogP contribution in [0.5, 0.6) is 0 Å². The van der Waals surface area contributed by atoms with Crippen molar-refractivity contribution in [3.8, 4) is 0 Å². The summed E-state index contributed by atoms with van der Waals surface area (Å²) in [5, 5.41) is 7.10. The summed E-state index contributed by atoms with van der Waals surface area (Å²) in [6.07, 6.45) is 5.48. The SMILES string of the molecule is C=C(c1ccc(CN(C)C(=O)C=N)cc1)c1cc2c(cc1C)C(C)(C)C=CC2(C)C. The minimum absolute atomic E-state index is 0.0105. The molecule has 3 rings (SSSR count). The second-order valence-electron chi connectivity index (χ2n) is 9.50. The number of rotatable bonds is 5. The molecule has 30 heavy (non-hydrogen) atoms. The topological polar surface area (TPSA) is 44.2 Å². The van der Waals surface area contributed by atoms with E-state index in [9.17, 15) is 4.79 Å². The van der Waals surface area contributed by atoms with Crippen molar-refractivity contribution in [1.29, 1.82) is 5.41 Å². The van der Waals surface area contributed by atoms with Crippen molar-refractivity contribution in [2.24, 2.45) is 0 Å². The van der Waals surface area contributed by atoms with Gasteiger partial charge in [0.05, 0.1) is 6.21 Å². The molecule has 1 aliphatic carbocycles. The first-order valence-corrected chi connectivity index (χ1v) is 10.4. The zero-order valence-corrected chi connectivity index (χ0v) is 19.0. The molecule has 0 unspecified atom stereocenters. The Bertz CT molecular complexity index is 1040. The zero-order chi connectivity index (χ0) is 22.3. The molecule has 0 radical (unpaired) electrons. The number of fused-ring (bicyclic) bond motifs is 1. The summed E-state index contributed by atoms with van der Waals surface area (Å²) in [5.41, 5.74) is 8.29. The minimum atomic E-state index is -0.298. The average molecular weight is 401 g/mol. The molecular weight excluding hydrogens is 368 g/mol. The Morgan fingerprint density at radius 3 is 2.10 bits per heavy atom. The summed E-state index contributed by atoms with van der Waals surface area (Å²) in [7, 11) is 1.70. The smallest absolute Gasteiger partial charge is 0.264 e. The fourth-order valence-corrected chi connectivity index (χ4v) is 4.12. The van der Waals surface area contributed by atoms with Gasteiger partial charge in [0.1, 0.15) is 0 Å². The van der Waals surface area contributed by atoms with Gasteiger partial charge in [-0.3, -0.25) is 4.79 Å². The van der Waals surface area contributed by atoms with Crippen LogP contribution in [0, 0.1) is 12.3 Å². The van der Waals surface area contributed by atoms with Crippen LogP contribution in [0.15, 0.2) is 55.1 Å². The molecule has 0 aliphatic heterocycles. The third kappa shape index (κ3) is 4.02. The maximum absolute atomic E-state index is 11.6. The molecule has 0 bridgehead atoms. The van der Waals surface area contributed by atoms with Gasteiger partial charge in [-0.25, -0.2) is 0 Å². The van der Waals surface area contributed by atoms with Crippen LogP contribution in [0.25, 0.3) is 5.57 Å².